The number of alkyl carbamates (subject to hydrolysis) is 1. The van der Waals surface area contributed by atoms with Crippen LogP contribution in [-0.4, -0.2) is 92.0 Å². The van der Waals surface area contributed by atoms with E-state index in [0.717, 1.165) is 16.5 Å². The monoisotopic (exact) mass is 713 g/mol. The molecule has 2 atom stereocenters. The van der Waals surface area contributed by atoms with Gasteiger partial charge in [0.15, 0.2) is 5.82 Å². The van der Waals surface area contributed by atoms with Gasteiger partial charge in [-0.3, -0.25) is 24.6 Å². The standard InChI is InChI=1S/C35H45F2N7O5S/c1-35(2,3)49-34(47)38-25-12-17-43(18-13-25)50(48)26-7-5-6-24(20-26)30(31(36)37)42-15-10-22(11-16-42)23-8-9-27-28(21-23)41(4)40-32(27)44-19-14-29(45)39-33(44)46/h5-9,20-22,25,30-31H,10-19H2,1-4H3,(H,38,47)(H,39,45,46). The number of amides is 4. The minimum Gasteiger partial charge on any atom is -0.444 e. The van der Waals surface area contributed by atoms with Crippen molar-refractivity contribution in [3.63, 3.8) is 0 Å². The van der Waals surface area contributed by atoms with Crippen LogP contribution in [0.25, 0.3) is 10.9 Å². The van der Waals surface area contributed by atoms with Crippen LogP contribution in [0.3, 0.4) is 0 Å². The minimum absolute atomic E-state index is 0.0880. The van der Waals surface area contributed by atoms with Crippen molar-refractivity contribution in [3.05, 3.63) is 53.6 Å². The smallest absolute Gasteiger partial charge is 0.407 e. The Bertz CT molecular complexity index is 1760. The zero-order valence-electron chi connectivity index (χ0n) is 28.9. The van der Waals surface area contributed by atoms with Crippen molar-refractivity contribution < 1.29 is 32.1 Å². The summed E-state index contributed by atoms with van der Waals surface area (Å²) in [7, 11) is 0.283. The Morgan fingerprint density at radius 3 is 2.40 bits per heavy atom. The van der Waals surface area contributed by atoms with Crippen LogP contribution in [0.1, 0.15) is 76.0 Å². The van der Waals surface area contributed by atoms with Crippen LogP contribution in [-0.2, 0) is 27.6 Å². The van der Waals surface area contributed by atoms with E-state index in [1.165, 1.54) is 4.90 Å². The number of aryl methyl sites for hydroxylation is 1. The average Bonchev–Trinajstić information content (AvgIpc) is 3.39. The van der Waals surface area contributed by atoms with Crippen LogP contribution in [0.15, 0.2) is 47.4 Å². The van der Waals surface area contributed by atoms with Crippen LogP contribution < -0.4 is 15.5 Å². The molecule has 6 rings (SSSR count). The number of imide groups is 1. The van der Waals surface area contributed by atoms with Gasteiger partial charge in [-0.1, -0.05) is 18.2 Å². The van der Waals surface area contributed by atoms with Crippen molar-refractivity contribution in [1.29, 1.82) is 0 Å². The summed E-state index contributed by atoms with van der Waals surface area (Å²) in [6.07, 6.45) is -0.311. The van der Waals surface area contributed by atoms with Gasteiger partial charge in [-0.05, 0) is 101 Å². The number of nitrogens with one attached hydrogen (secondary N) is 2. The van der Waals surface area contributed by atoms with Crippen LogP contribution >= 0.6 is 0 Å². The van der Waals surface area contributed by atoms with Crippen molar-refractivity contribution in [2.24, 2.45) is 7.05 Å². The van der Waals surface area contributed by atoms with Gasteiger partial charge in [0.1, 0.15) is 16.6 Å². The van der Waals surface area contributed by atoms with Gasteiger partial charge in [0, 0.05) is 44.5 Å². The highest BCUT2D eigenvalue weighted by Crippen LogP contribution is 2.37. The lowest BCUT2D eigenvalue weighted by atomic mass is 9.88. The Morgan fingerprint density at radius 1 is 1.02 bits per heavy atom. The van der Waals surface area contributed by atoms with E-state index < -0.39 is 41.2 Å². The Hall–Kier alpha value is -3.95. The quantitative estimate of drug-likeness (QED) is 0.328. The third kappa shape index (κ3) is 8.00. The summed E-state index contributed by atoms with van der Waals surface area (Å²) in [4.78, 5) is 40.1. The Morgan fingerprint density at radius 2 is 1.74 bits per heavy atom. The summed E-state index contributed by atoms with van der Waals surface area (Å²) in [5.41, 5.74) is 1.78. The lowest BCUT2D eigenvalue weighted by molar-refractivity contribution is -0.120. The number of hydrogen-bond donors (Lipinski definition) is 2. The number of piperidine rings is 2. The molecule has 0 radical (unpaired) electrons. The first-order valence-electron chi connectivity index (χ1n) is 17.1. The molecule has 4 heterocycles. The topological polar surface area (TPSA) is 129 Å². The number of likely N-dealkylation sites (tertiary alicyclic amines) is 1. The molecule has 0 spiro atoms. The largest absolute Gasteiger partial charge is 0.444 e. The van der Waals surface area contributed by atoms with Crippen LogP contribution in [0.4, 0.5) is 24.2 Å². The molecule has 0 bridgehead atoms. The van der Waals surface area contributed by atoms with Gasteiger partial charge < -0.3 is 10.1 Å². The number of nitrogens with zero attached hydrogens (tertiary/aromatic N) is 5. The average molecular weight is 714 g/mol. The fourth-order valence-corrected chi connectivity index (χ4v) is 8.37. The normalized spacial score (nSPS) is 20.3. The van der Waals surface area contributed by atoms with E-state index in [1.807, 2.05) is 28.4 Å². The number of halogens is 2. The zero-order valence-corrected chi connectivity index (χ0v) is 29.7. The van der Waals surface area contributed by atoms with Gasteiger partial charge >= 0.3 is 12.1 Å². The third-order valence-corrected chi connectivity index (χ3v) is 11.1. The van der Waals surface area contributed by atoms with Crippen molar-refractivity contribution in [3.8, 4) is 0 Å². The van der Waals surface area contributed by atoms with Gasteiger partial charge in [0.25, 0.3) is 6.43 Å². The van der Waals surface area contributed by atoms with Gasteiger partial charge in [0.05, 0.1) is 16.5 Å². The van der Waals surface area contributed by atoms with Crippen molar-refractivity contribution >= 4 is 45.7 Å². The Balaban J connectivity index is 1.08. The second-order valence-electron chi connectivity index (χ2n) is 14.2. The highest BCUT2D eigenvalue weighted by molar-refractivity contribution is 7.82. The lowest BCUT2D eigenvalue weighted by Gasteiger charge is -2.38. The molecule has 15 heteroatoms. The van der Waals surface area contributed by atoms with Crippen molar-refractivity contribution in [2.75, 3.05) is 37.6 Å². The molecule has 1 aromatic heterocycles. The molecule has 0 saturated carbocycles. The predicted octanol–water partition coefficient (Wildman–Crippen LogP) is 5.22. The van der Waals surface area contributed by atoms with E-state index >= 15 is 0 Å². The molecule has 2 N–H and O–H groups in total. The maximum absolute atomic E-state index is 14.7. The number of urea groups is 1. The summed E-state index contributed by atoms with van der Waals surface area (Å²) in [5.74, 6) is 0.353. The zero-order chi connectivity index (χ0) is 35.7. The minimum atomic E-state index is -2.63. The maximum atomic E-state index is 14.7. The molecular formula is C35H45F2N7O5S. The molecule has 4 amide bonds. The van der Waals surface area contributed by atoms with Crippen LogP contribution in [0, 0.1) is 0 Å². The number of aromatic nitrogens is 2. The lowest BCUT2D eigenvalue weighted by Crippen LogP contribution is -2.49. The first-order valence-corrected chi connectivity index (χ1v) is 18.2. The summed E-state index contributed by atoms with van der Waals surface area (Å²) in [5, 5.41) is 10.6. The number of anilines is 1. The van der Waals surface area contributed by atoms with Crippen molar-refractivity contribution in [2.45, 2.75) is 87.8 Å². The van der Waals surface area contributed by atoms with Gasteiger partial charge in [-0.15, -0.1) is 0 Å². The molecule has 3 aromatic rings. The molecular weight excluding hydrogens is 668 g/mol. The first-order chi connectivity index (χ1) is 23.8. The molecule has 3 fully saturated rings. The fraction of sp³-hybridized carbons (Fsp3) is 0.543. The molecule has 2 unspecified atom stereocenters. The highest BCUT2D eigenvalue weighted by Gasteiger charge is 2.34. The molecule has 3 saturated heterocycles. The van der Waals surface area contributed by atoms with E-state index in [1.54, 1.807) is 49.7 Å². The van der Waals surface area contributed by atoms with Crippen LogP contribution in [0.5, 0.6) is 0 Å². The summed E-state index contributed by atoms with van der Waals surface area (Å²) < 4.78 is 51.9. The summed E-state index contributed by atoms with van der Waals surface area (Å²) in [6, 6.07) is 11.1. The van der Waals surface area contributed by atoms with E-state index in [4.69, 9.17) is 4.74 Å². The molecule has 3 aliphatic rings. The van der Waals surface area contributed by atoms with Gasteiger partial charge in [-0.2, -0.15) is 5.10 Å². The fourth-order valence-electron chi connectivity index (χ4n) is 7.10. The first kappa shape index (κ1) is 35.9. The molecule has 50 heavy (non-hydrogen) atoms. The number of fused-ring (bicyclic) bond motifs is 1. The number of carbonyl (C=O) groups is 3. The number of hydrogen-bond acceptors (Lipinski definition) is 7. The van der Waals surface area contributed by atoms with Crippen molar-refractivity contribution in [1.82, 2.24) is 29.6 Å². The molecule has 12 nitrogen and oxygen atoms in total. The van der Waals surface area contributed by atoms with E-state index in [-0.39, 0.29) is 30.8 Å². The van der Waals surface area contributed by atoms with E-state index in [2.05, 4.69) is 21.8 Å². The SMILES string of the molecule is Cn1nc(N2CCC(=O)NC2=O)c2ccc(C3CCN(C(c4cccc(S(=O)N5CCC(NC(=O)OC(C)(C)C)CC5)c4)C(F)F)CC3)cc21. The number of alkyl halides is 2. The predicted molar refractivity (Wildman–Crippen MR) is 185 cm³/mol. The third-order valence-electron chi connectivity index (χ3n) is 9.61. The van der Waals surface area contributed by atoms with Gasteiger partial charge in [0.2, 0.25) is 5.91 Å². The van der Waals surface area contributed by atoms with Crippen LogP contribution in [0.2, 0.25) is 0 Å². The van der Waals surface area contributed by atoms with Gasteiger partial charge in [-0.25, -0.2) is 26.9 Å². The summed E-state index contributed by atoms with van der Waals surface area (Å²) >= 11 is 0. The number of benzene rings is 2. The second kappa shape index (κ2) is 14.7. The maximum Gasteiger partial charge on any atom is 0.407 e. The van der Waals surface area contributed by atoms with E-state index in [9.17, 15) is 27.4 Å². The van der Waals surface area contributed by atoms with E-state index in [0.29, 0.717) is 68.1 Å². The number of carbonyl (C=O) groups excluding carboxylic acids is 3. The summed E-state index contributed by atoms with van der Waals surface area (Å²) in [6.45, 7) is 7.60. The number of ether oxygens (including phenoxy) is 1. The molecule has 270 valence electrons. The Labute approximate surface area is 293 Å². The molecule has 2 aromatic carbocycles. The second-order valence-corrected chi connectivity index (χ2v) is 15.7. The number of rotatable bonds is 8. The Kier molecular flexibility index (Phi) is 10.6. The highest BCUT2D eigenvalue weighted by atomic mass is 32.2. The molecule has 3 aliphatic heterocycles. The molecule has 0 aliphatic carbocycles.